The second-order valence-corrected chi connectivity index (χ2v) is 14.0. The van der Waals surface area contributed by atoms with Crippen LogP contribution in [0.25, 0.3) is 0 Å². The normalized spacial score (nSPS) is 13.8. The van der Waals surface area contributed by atoms with E-state index in [1.54, 1.807) is 0 Å². The Kier molecular flexibility index (Phi) is 5.92. The predicted octanol–water partition coefficient (Wildman–Crippen LogP) is 7.14. The van der Waals surface area contributed by atoms with Crippen molar-refractivity contribution in [1.82, 2.24) is 0 Å². The molecule has 0 aliphatic rings. The molecule has 1 heteroatoms. The van der Waals surface area contributed by atoms with Gasteiger partial charge in [0.15, 0.2) is 0 Å². The van der Waals surface area contributed by atoms with Crippen molar-refractivity contribution < 1.29 is 0 Å². The Hall–Kier alpha value is -1.13. The van der Waals surface area contributed by atoms with E-state index in [0.717, 1.165) is 0 Å². The standard InChI is InChI=1S/C23H34P/c1-22(2,3)19-24(23(4,5)6,17-20-13-9-7-10-14-20)18-21-15-11-8-12-16-21/h7-16,19,24H,17-18H2,1-6H3. The van der Waals surface area contributed by atoms with Crippen LogP contribution in [-0.2, 0) is 12.3 Å². The Balaban J connectivity index is 2.47. The van der Waals surface area contributed by atoms with Crippen molar-refractivity contribution in [2.45, 2.75) is 59.0 Å². The third-order valence-corrected chi connectivity index (χ3v) is 11.4. The molecule has 2 aromatic rings. The van der Waals surface area contributed by atoms with Gasteiger partial charge in [-0.25, -0.2) is 0 Å². The summed E-state index contributed by atoms with van der Waals surface area (Å²) >= 11 is 0. The van der Waals surface area contributed by atoms with Crippen LogP contribution in [0, 0.1) is 11.6 Å². The summed E-state index contributed by atoms with van der Waals surface area (Å²) in [6, 6.07) is 22.2. The van der Waals surface area contributed by atoms with E-state index >= 15 is 0 Å². The third kappa shape index (κ3) is 5.18. The molecule has 0 saturated heterocycles. The average Bonchev–Trinajstić information content (AvgIpc) is 2.46. The van der Waals surface area contributed by atoms with Gasteiger partial charge in [0.1, 0.15) is 0 Å². The van der Waals surface area contributed by atoms with Crippen LogP contribution in [0.3, 0.4) is 0 Å². The fourth-order valence-electron chi connectivity index (χ4n) is 3.66. The van der Waals surface area contributed by atoms with Crippen LogP contribution in [0.1, 0.15) is 52.7 Å². The van der Waals surface area contributed by atoms with E-state index in [-0.39, 0.29) is 5.41 Å². The zero-order chi connectivity index (χ0) is 17.8. The van der Waals surface area contributed by atoms with Gasteiger partial charge < -0.3 is 0 Å². The summed E-state index contributed by atoms with van der Waals surface area (Å²) in [5.74, 6) is 0. The number of rotatable bonds is 5. The predicted molar refractivity (Wildman–Crippen MR) is 112 cm³/mol. The van der Waals surface area contributed by atoms with Gasteiger partial charge in [0, 0.05) is 0 Å². The molecule has 1 radical (unpaired) electrons. The Morgan fingerprint density at radius 1 is 0.667 bits per heavy atom. The van der Waals surface area contributed by atoms with Crippen molar-refractivity contribution in [3.05, 3.63) is 78.0 Å². The first kappa shape index (κ1) is 19.2. The molecule has 0 nitrogen and oxygen atoms in total. The molecule has 0 atom stereocenters. The molecule has 0 unspecified atom stereocenters. The van der Waals surface area contributed by atoms with Crippen molar-refractivity contribution in [3.8, 4) is 0 Å². The fourth-order valence-corrected chi connectivity index (χ4v) is 9.07. The van der Waals surface area contributed by atoms with Gasteiger partial charge in [0.05, 0.1) is 0 Å². The maximum absolute atomic E-state index is 2.75. The van der Waals surface area contributed by atoms with Crippen LogP contribution in [0.2, 0.25) is 0 Å². The molecular formula is C23H34P. The first-order chi connectivity index (χ1) is 11.1. The Morgan fingerprint density at radius 3 is 1.33 bits per heavy atom. The summed E-state index contributed by atoms with van der Waals surface area (Å²) in [5, 5.41) is 0.311. The zero-order valence-corrected chi connectivity index (χ0v) is 17.3. The molecule has 0 saturated carbocycles. The SMILES string of the molecule is CC(C)(C)[CH][PH](Cc1ccccc1)(Cc1ccccc1)C(C)(C)C. The van der Waals surface area contributed by atoms with Crippen LogP contribution < -0.4 is 0 Å². The Bertz CT molecular complexity index is 573. The second-order valence-electron chi connectivity index (χ2n) is 9.24. The Labute approximate surface area is 150 Å². The topological polar surface area (TPSA) is 0 Å². The van der Waals surface area contributed by atoms with E-state index in [1.165, 1.54) is 23.5 Å². The summed E-state index contributed by atoms with van der Waals surface area (Å²) in [7, 11) is -1.74. The molecule has 0 aliphatic carbocycles. The molecular weight excluding hydrogens is 307 g/mol. The minimum absolute atomic E-state index is 0.239. The number of hydrogen-bond donors (Lipinski definition) is 0. The van der Waals surface area contributed by atoms with Gasteiger partial charge in [-0.2, -0.15) is 0 Å². The molecule has 131 valence electrons. The summed E-state index contributed by atoms with van der Waals surface area (Å²) in [6.07, 6.45) is 5.17. The summed E-state index contributed by atoms with van der Waals surface area (Å²) < 4.78 is 0. The molecule has 0 aromatic heterocycles. The third-order valence-electron chi connectivity index (χ3n) is 4.93. The van der Waals surface area contributed by atoms with Crippen molar-refractivity contribution >= 4 is 7.26 Å². The van der Waals surface area contributed by atoms with E-state index in [1.807, 2.05) is 0 Å². The number of hydrogen-bond acceptors (Lipinski definition) is 0. The number of benzene rings is 2. The fraction of sp³-hybridized carbons (Fsp3) is 0.435. The van der Waals surface area contributed by atoms with Crippen LogP contribution in [0.5, 0.6) is 0 Å². The minimum atomic E-state index is -1.74. The summed E-state index contributed by atoms with van der Waals surface area (Å²) in [4.78, 5) is 0. The molecule has 0 bridgehead atoms. The van der Waals surface area contributed by atoms with Crippen LogP contribution in [-0.4, -0.2) is 5.16 Å². The molecule has 2 aromatic carbocycles. The average molecular weight is 341 g/mol. The summed E-state index contributed by atoms with van der Waals surface area (Å²) in [5.41, 5.74) is 3.20. The monoisotopic (exact) mass is 341 g/mol. The molecule has 0 aliphatic heterocycles. The van der Waals surface area contributed by atoms with Gasteiger partial charge in [-0.05, 0) is 0 Å². The maximum atomic E-state index is 2.75. The van der Waals surface area contributed by atoms with Crippen LogP contribution in [0.15, 0.2) is 60.7 Å². The zero-order valence-electron chi connectivity index (χ0n) is 16.3. The van der Waals surface area contributed by atoms with Crippen molar-refractivity contribution in [3.63, 3.8) is 0 Å². The molecule has 0 fully saturated rings. The van der Waals surface area contributed by atoms with Crippen molar-refractivity contribution in [2.24, 2.45) is 5.41 Å². The van der Waals surface area contributed by atoms with E-state index in [2.05, 4.69) is 108 Å². The van der Waals surface area contributed by atoms with Gasteiger partial charge in [-0.15, -0.1) is 0 Å². The molecule has 0 heterocycles. The first-order valence-corrected chi connectivity index (χ1v) is 11.6. The summed E-state index contributed by atoms with van der Waals surface area (Å²) in [6.45, 7) is 14.4. The van der Waals surface area contributed by atoms with Gasteiger partial charge >= 0.3 is 150 Å². The second kappa shape index (κ2) is 7.40. The van der Waals surface area contributed by atoms with E-state index in [4.69, 9.17) is 0 Å². The molecule has 0 spiro atoms. The molecule has 2 rings (SSSR count). The van der Waals surface area contributed by atoms with Gasteiger partial charge in [0.25, 0.3) is 0 Å². The molecule has 24 heavy (non-hydrogen) atoms. The van der Waals surface area contributed by atoms with Gasteiger partial charge in [-0.3, -0.25) is 0 Å². The van der Waals surface area contributed by atoms with E-state index in [9.17, 15) is 0 Å². The van der Waals surface area contributed by atoms with Crippen LogP contribution in [0.4, 0.5) is 0 Å². The van der Waals surface area contributed by atoms with Crippen LogP contribution >= 0.6 is 7.26 Å². The van der Waals surface area contributed by atoms with E-state index in [0.29, 0.717) is 5.16 Å². The van der Waals surface area contributed by atoms with Gasteiger partial charge in [-0.1, -0.05) is 0 Å². The first-order valence-electron chi connectivity index (χ1n) is 9.06. The molecule has 0 N–H and O–H groups in total. The van der Waals surface area contributed by atoms with Crippen molar-refractivity contribution in [1.29, 1.82) is 0 Å². The Morgan fingerprint density at radius 2 is 1.04 bits per heavy atom. The van der Waals surface area contributed by atoms with Crippen molar-refractivity contribution in [2.75, 3.05) is 0 Å². The quantitative estimate of drug-likeness (QED) is 0.507. The molecule has 0 amide bonds. The van der Waals surface area contributed by atoms with Gasteiger partial charge in [0.2, 0.25) is 0 Å². The van der Waals surface area contributed by atoms with E-state index < -0.39 is 7.26 Å².